The van der Waals surface area contributed by atoms with Gasteiger partial charge in [0.15, 0.2) is 11.5 Å². The fourth-order valence-electron chi connectivity index (χ4n) is 1.40. The normalized spacial score (nSPS) is 13.5. The molecule has 1 N–H and O–H groups in total. The fourth-order valence-corrected chi connectivity index (χ4v) is 2.29. The van der Waals surface area contributed by atoms with Gasteiger partial charge in [-0.2, -0.15) is 0 Å². The first kappa shape index (κ1) is 12.0. The summed E-state index contributed by atoms with van der Waals surface area (Å²) in [6, 6.07) is 2.83. The van der Waals surface area contributed by atoms with Crippen molar-refractivity contribution in [3.8, 4) is 11.5 Å². The van der Waals surface area contributed by atoms with Crippen LogP contribution in [0.2, 0.25) is 0 Å². The van der Waals surface area contributed by atoms with Crippen LogP contribution in [-0.2, 0) is 4.79 Å². The number of hydrogen-bond donors (Lipinski definition) is 1. The van der Waals surface area contributed by atoms with Gasteiger partial charge in [-0.05, 0) is 0 Å². The van der Waals surface area contributed by atoms with Crippen molar-refractivity contribution in [2.45, 2.75) is 11.3 Å². The Labute approximate surface area is 102 Å². The van der Waals surface area contributed by atoms with Gasteiger partial charge in [0, 0.05) is 22.8 Å². The number of benzene rings is 1. The smallest absolute Gasteiger partial charge is 0.304 e. The highest BCUT2D eigenvalue weighted by atomic mass is 32.2. The summed E-state index contributed by atoms with van der Waals surface area (Å²) in [5, 5.41) is 8.50. The molecule has 4 nitrogen and oxygen atoms in total. The molecule has 1 aromatic rings. The minimum absolute atomic E-state index is 0.00144. The second-order valence-electron chi connectivity index (χ2n) is 3.42. The van der Waals surface area contributed by atoms with E-state index in [1.54, 1.807) is 6.07 Å². The minimum atomic E-state index is -0.893. The average Bonchev–Trinajstić information content (AvgIpc) is 2.29. The maximum atomic E-state index is 13.6. The van der Waals surface area contributed by atoms with Crippen molar-refractivity contribution in [3.05, 3.63) is 17.9 Å². The number of fused-ring (bicyclic) bond motifs is 1. The van der Waals surface area contributed by atoms with E-state index in [0.29, 0.717) is 35.4 Å². The van der Waals surface area contributed by atoms with Crippen molar-refractivity contribution < 1.29 is 23.8 Å². The molecule has 1 aliphatic rings. The average molecular weight is 258 g/mol. The van der Waals surface area contributed by atoms with Gasteiger partial charge in [-0.3, -0.25) is 4.79 Å². The van der Waals surface area contributed by atoms with E-state index in [4.69, 9.17) is 14.6 Å². The van der Waals surface area contributed by atoms with E-state index in [2.05, 4.69) is 0 Å². The Bertz CT molecular complexity index is 436. The third-order valence-electron chi connectivity index (χ3n) is 2.17. The number of carboxylic acids is 1. The Morgan fingerprint density at radius 2 is 2.00 bits per heavy atom. The summed E-state index contributed by atoms with van der Waals surface area (Å²) < 4.78 is 24.2. The summed E-state index contributed by atoms with van der Waals surface area (Å²) in [7, 11) is 0. The van der Waals surface area contributed by atoms with Crippen molar-refractivity contribution in [1.82, 2.24) is 0 Å². The monoisotopic (exact) mass is 258 g/mol. The van der Waals surface area contributed by atoms with E-state index < -0.39 is 11.8 Å². The van der Waals surface area contributed by atoms with Crippen LogP contribution in [0.5, 0.6) is 11.5 Å². The molecule has 0 aromatic heterocycles. The van der Waals surface area contributed by atoms with Gasteiger partial charge in [0.25, 0.3) is 0 Å². The molecule has 0 amide bonds. The van der Waals surface area contributed by atoms with Crippen LogP contribution >= 0.6 is 11.8 Å². The standard InChI is InChI=1S/C11H11FO4S/c12-7-5-8-9(16-3-2-15-8)6-10(7)17-4-1-11(13)14/h5-6H,1-4H2,(H,13,14). The van der Waals surface area contributed by atoms with Crippen LogP contribution in [0.25, 0.3) is 0 Å². The minimum Gasteiger partial charge on any atom is -0.486 e. The SMILES string of the molecule is O=C(O)CCSc1cc2c(cc1F)OCCO2. The van der Waals surface area contributed by atoms with Gasteiger partial charge >= 0.3 is 5.97 Å². The lowest BCUT2D eigenvalue weighted by Crippen LogP contribution is -2.15. The van der Waals surface area contributed by atoms with Crippen molar-refractivity contribution in [2.24, 2.45) is 0 Å². The zero-order valence-electron chi connectivity index (χ0n) is 8.94. The fraction of sp³-hybridized carbons (Fsp3) is 0.364. The zero-order chi connectivity index (χ0) is 12.3. The Balaban J connectivity index is 2.09. The molecule has 0 radical (unpaired) electrons. The van der Waals surface area contributed by atoms with Crippen LogP contribution in [-0.4, -0.2) is 30.0 Å². The zero-order valence-corrected chi connectivity index (χ0v) is 9.76. The predicted molar refractivity (Wildman–Crippen MR) is 60.4 cm³/mol. The number of thioether (sulfide) groups is 1. The van der Waals surface area contributed by atoms with Crippen molar-refractivity contribution in [2.75, 3.05) is 19.0 Å². The molecular formula is C11H11FO4S. The largest absolute Gasteiger partial charge is 0.486 e. The molecule has 0 saturated carbocycles. The predicted octanol–water partition coefficient (Wildman–Crippen LogP) is 2.16. The molecular weight excluding hydrogens is 247 g/mol. The first-order chi connectivity index (χ1) is 8.16. The molecule has 6 heteroatoms. The summed E-state index contributed by atoms with van der Waals surface area (Å²) in [6.07, 6.45) is -0.00144. The first-order valence-corrected chi connectivity index (χ1v) is 6.09. The van der Waals surface area contributed by atoms with Crippen LogP contribution in [0.1, 0.15) is 6.42 Å². The molecule has 17 heavy (non-hydrogen) atoms. The molecule has 1 aliphatic heterocycles. The number of carboxylic acid groups (broad SMARTS) is 1. The van der Waals surface area contributed by atoms with Gasteiger partial charge in [0.05, 0.1) is 6.42 Å². The lowest BCUT2D eigenvalue weighted by Gasteiger charge is -2.19. The number of hydrogen-bond acceptors (Lipinski definition) is 4. The lowest BCUT2D eigenvalue weighted by atomic mass is 10.3. The topological polar surface area (TPSA) is 55.8 Å². The van der Waals surface area contributed by atoms with Crippen LogP contribution in [0.3, 0.4) is 0 Å². The number of carbonyl (C=O) groups is 1. The molecule has 0 spiro atoms. The van der Waals surface area contributed by atoms with Crippen LogP contribution in [0.15, 0.2) is 17.0 Å². The van der Waals surface area contributed by atoms with Crippen LogP contribution < -0.4 is 9.47 Å². The van der Waals surface area contributed by atoms with Gasteiger partial charge in [-0.1, -0.05) is 0 Å². The summed E-state index contributed by atoms with van der Waals surface area (Å²) in [5.74, 6) is -0.0711. The molecule has 0 atom stereocenters. The van der Waals surface area contributed by atoms with Crippen LogP contribution in [0, 0.1) is 5.82 Å². The van der Waals surface area contributed by atoms with Crippen molar-refractivity contribution in [1.29, 1.82) is 0 Å². The first-order valence-electron chi connectivity index (χ1n) is 5.10. The summed E-state index contributed by atoms with van der Waals surface area (Å²) in [5.41, 5.74) is 0. The lowest BCUT2D eigenvalue weighted by molar-refractivity contribution is -0.136. The highest BCUT2D eigenvalue weighted by molar-refractivity contribution is 7.99. The van der Waals surface area contributed by atoms with E-state index in [-0.39, 0.29) is 6.42 Å². The molecule has 0 bridgehead atoms. The molecule has 0 saturated heterocycles. The molecule has 0 unspecified atom stereocenters. The maximum absolute atomic E-state index is 13.6. The Hall–Kier alpha value is -1.43. The van der Waals surface area contributed by atoms with E-state index >= 15 is 0 Å². The van der Waals surface area contributed by atoms with E-state index in [0.717, 1.165) is 11.8 Å². The summed E-state index contributed by atoms with van der Waals surface area (Å²) >= 11 is 1.16. The maximum Gasteiger partial charge on any atom is 0.304 e. The van der Waals surface area contributed by atoms with Crippen LogP contribution in [0.4, 0.5) is 4.39 Å². The number of ether oxygens (including phenoxy) is 2. The highest BCUT2D eigenvalue weighted by Crippen LogP contribution is 2.36. The van der Waals surface area contributed by atoms with Gasteiger partial charge in [-0.25, -0.2) is 4.39 Å². The van der Waals surface area contributed by atoms with Gasteiger partial charge in [0.2, 0.25) is 0 Å². The van der Waals surface area contributed by atoms with Crippen molar-refractivity contribution >= 4 is 17.7 Å². The van der Waals surface area contributed by atoms with E-state index in [9.17, 15) is 9.18 Å². The van der Waals surface area contributed by atoms with E-state index in [1.165, 1.54) is 6.07 Å². The molecule has 1 heterocycles. The van der Waals surface area contributed by atoms with Gasteiger partial charge < -0.3 is 14.6 Å². The Morgan fingerprint density at radius 1 is 1.35 bits per heavy atom. The van der Waals surface area contributed by atoms with Gasteiger partial charge in [0.1, 0.15) is 19.0 Å². The molecule has 1 aromatic carbocycles. The molecule has 0 aliphatic carbocycles. The second kappa shape index (κ2) is 5.27. The molecule has 2 rings (SSSR count). The second-order valence-corrected chi connectivity index (χ2v) is 4.56. The summed E-state index contributed by atoms with van der Waals surface area (Å²) in [4.78, 5) is 10.7. The molecule has 0 fully saturated rings. The third kappa shape index (κ3) is 3.03. The van der Waals surface area contributed by atoms with Crippen molar-refractivity contribution in [3.63, 3.8) is 0 Å². The summed E-state index contributed by atoms with van der Waals surface area (Å²) in [6.45, 7) is 0.857. The Morgan fingerprint density at radius 3 is 2.65 bits per heavy atom. The van der Waals surface area contributed by atoms with E-state index in [1.807, 2.05) is 0 Å². The van der Waals surface area contributed by atoms with Gasteiger partial charge in [-0.15, -0.1) is 11.8 Å². The Kier molecular flexibility index (Phi) is 3.73. The number of halogens is 1. The third-order valence-corrected chi connectivity index (χ3v) is 3.20. The highest BCUT2D eigenvalue weighted by Gasteiger charge is 2.16. The quantitative estimate of drug-likeness (QED) is 0.839. The number of rotatable bonds is 4. The molecule has 92 valence electrons. The number of aliphatic carboxylic acids is 1.